The Kier molecular flexibility index (Phi) is 4.54. The first-order valence-electron chi connectivity index (χ1n) is 6.98. The third kappa shape index (κ3) is 3.87. The number of rotatable bonds is 5. The molecular weight excluding hydrogens is 312 g/mol. The van der Waals surface area contributed by atoms with Gasteiger partial charge in [0, 0.05) is 29.6 Å². The van der Waals surface area contributed by atoms with Gasteiger partial charge in [0.25, 0.3) is 0 Å². The van der Waals surface area contributed by atoms with E-state index >= 15 is 0 Å². The van der Waals surface area contributed by atoms with Crippen LogP contribution in [-0.2, 0) is 6.54 Å². The lowest BCUT2D eigenvalue weighted by Gasteiger charge is -2.12. The van der Waals surface area contributed by atoms with Crippen LogP contribution in [0, 0.1) is 0 Å². The molecule has 0 spiro atoms. The van der Waals surface area contributed by atoms with Crippen molar-refractivity contribution in [3.8, 4) is 0 Å². The molecule has 0 amide bonds. The number of hydrogen-bond donors (Lipinski definition) is 3. The lowest BCUT2D eigenvalue weighted by molar-refractivity contribution is 1.07. The molecule has 0 unspecified atom stereocenters. The quantitative estimate of drug-likeness (QED) is 0.665. The summed E-state index contributed by atoms with van der Waals surface area (Å²) in [7, 11) is 0. The van der Waals surface area contributed by atoms with Gasteiger partial charge in [0.15, 0.2) is 11.6 Å². The monoisotopic (exact) mass is 326 g/mol. The highest BCUT2D eigenvalue weighted by molar-refractivity contribution is 6.30. The Morgan fingerprint density at radius 3 is 2.57 bits per heavy atom. The third-order valence-electron chi connectivity index (χ3n) is 3.17. The van der Waals surface area contributed by atoms with Crippen LogP contribution >= 0.6 is 11.6 Å². The minimum absolute atomic E-state index is 0.450. The summed E-state index contributed by atoms with van der Waals surface area (Å²) < 4.78 is 0. The number of nitrogens with one attached hydrogen (secondary N) is 2. The van der Waals surface area contributed by atoms with E-state index in [-0.39, 0.29) is 0 Å². The average molecular weight is 327 g/mol. The first-order chi connectivity index (χ1) is 11.2. The number of halogens is 1. The lowest BCUT2D eigenvalue weighted by Crippen LogP contribution is -2.08. The Hall–Kier alpha value is -2.86. The van der Waals surface area contributed by atoms with Crippen molar-refractivity contribution in [1.82, 2.24) is 15.0 Å². The zero-order valence-corrected chi connectivity index (χ0v) is 13.0. The Labute approximate surface area is 138 Å². The highest BCUT2D eigenvalue weighted by Gasteiger charge is 2.08. The molecule has 2 heterocycles. The molecule has 116 valence electrons. The van der Waals surface area contributed by atoms with Gasteiger partial charge in [0.05, 0.1) is 0 Å². The van der Waals surface area contributed by atoms with Gasteiger partial charge in [-0.1, -0.05) is 17.7 Å². The molecule has 0 aliphatic rings. The van der Waals surface area contributed by atoms with Gasteiger partial charge in [-0.05, 0) is 35.9 Å². The summed E-state index contributed by atoms with van der Waals surface area (Å²) in [6, 6.07) is 11.2. The number of nitrogens with zero attached hydrogens (tertiary/aromatic N) is 3. The normalized spacial score (nSPS) is 10.3. The second-order valence-electron chi connectivity index (χ2n) is 4.83. The van der Waals surface area contributed by atoms with Crippen molar-refractivity contribution < 1.29 is 0 Å². The number of aromatic nitrogens is 3. The zero-order chi connectivity index (χ0) is 16.1. The summed E-state index contributed by atoms with van der Waals surface area (Å²) in [5.41, 5.74) is 8.47. The topological polar surface area (TPSA) is 88.8 Å². The molecule has 0 atom stereocenters. The van der Waals surface area contributed by atoms with Crippen LogP contribution in [0.1, 0.15) is 5.56 Å². The summed E-state index contributed by atoms with van der Waals surface area (Å²) >= 11 is 5.88. The maximum Gasteiger partial charge on any atom is 0.159 e. The summed E-state index contributed by atoms with van der Waals surface area (Å²) in [5.74, 6) is 1.11. The van der Waals surface area contributed by atoms with Gasteiger partial charge in [-0.2, -0.15) is 0 Å². The second kappa shape index (κ2) is 6.93. The van der Waals surface area contributed by atoms with Crippen molar-refractivity contribution in [2.75, 3.05) is 16.4 Å². The summed E-state index contributed by atoms with van der Waals surface area (Å²) in [4.78, 5) is 12.4. The van der Waals surface area contributed by atoms with Crippen LogP contribution in [0.15, 0.2) is 55.1 Å². The molecule has 3 aromatic rings. The van der Waals surface area contributed by atoms with E-state index in [0.717, 1.165) is 11.3 Å². The number of anilines is 4. The summed E-state index contributed by atoms with van der Waals surface area (Å²) in [6.45, 7) is 0.579. The molecule has 0 saturated heterocycles. The van der Waals surface area contributed by atoms with Gasteiger partial charge in [0.1, 0.15) is 12.0 Å². The molecule has 0 bridgehead atoms. The van der Waals surface area contributed by atoms with E-state index in [9.17, 15) is 0 Å². The van der Waals surface area contributed by atoms with Crippen molar-refractivity contribution in [3.05, 3.63) is 65.7 Å². The molecule has 6 nitrogen and oxygen atoms in total. The molecule has 1 aromatic carbocycles. The van der Waals surface area contributed by atoms with Crippen LogP contribution in [0.2, 0.25) is 5.02 Å². The molecule has 2 aromatic heterocycles. The van der Waals surface area contributed by atoms with E-state index < -0.39 is 0 Å². The molecule has 7 heteroatoms. The number of benzene rings is 1. The number of pyridine rings is 1. The fourth-order valence-corrected chi connectivity index (χ4v) is 2.12. The Morgan fingerprint density at radius 1 is 1.04 bits per heavy atom. The van der Waals surface area contributed by atoms with Crippen LogP contribution in [0.3, 0.4) is 0 Å². The van der Waals surface area contributed by atoms with Crippen molar-refractivity contribution in [2.24, 2.45) is 0 Å². The van der Waals surface area contributed by atoms with Crippen molar-refractivity contribution >= 4 is 34.6 Å². The largest absolute Gasteiger partial charge is 0.393 e. The van der Waals surface area contributed by atoms with E-state index in [1.807, 2.05) is 24.3 Å². The van der Waals surface area contributed by atoms with Crippen LogP contribution in [-0.4, -0.2) is 15.0 Å². The van der Waals surface area contributed by atoms with E-state index in [1.54, 1.807) is 24.5 Å². The molecular formula is C16H15ClN6. The van der Waals surface area contributed by atoms with E-state index in [0.29, 0.717) is 28.9 Å². The van der Waals surface area contributed by atoms with Gasteiger partial charge in [0.2, 0.25) is 0 Å². The zero-order valence-electron chi connectivity index (χ0n) is 12.2. The third-order valence-corrected chi connectivity index (χ3v) is 3.43. The van der Waals surface area contributed by atoms with Crippen LogP contribution in [0.4, 0.5) is 23.0 Å². The highest BCUT2D eigenvalue weighted by atomic mass is 35.5. The predicted octanol–water partition coefficient (Wildman–Crippen LogP) is 3.46. The average Bonchev–Trinajstić information content (AvgIpc) is 2.58. The smallest absolute Gasteiger partial charge is 0.159 e. The fraction of sp³-hybridized carbons (Fsp3) is 0.0625. The Bertz CT molecular complexity index is 776. The molecule has 3 rings (SSSR count). The SMILES string of the molecule is Nc1c(NCc2cccnc2)ncnc1Nc1ccc(Cl)cc1. The van der Waals surface area contributed by atoms with Crippen LogP contribution < -0.4 is 16.4 Å². The van der Waals surface area contributed by atoms with Crippen LogP contribution in [0.25, 0.3) is 0 Å². The first-order valence-corrected chi connectivity index (χ1v) is 7.36. The van der Waals surface area contributed by atoms with Crippen molar-refractivity contribution in [1.29, 1.82) is 0 Å². The van der Waals surface area contributed by atoms with Gasteiger partial charge in [-0.25, -0.2) is 9.97 Å². The van der Waals surface area contributed by atoms with Gasteiger partial charge in [-0.3, -0.25) is 4.98 Å². The van der Waals surface area contributed by atoms with Crippen molar-refractivity contribution in [3.63, 3.8) is 0 Å². The van der Waals surface area contributed by atoms with Gasteiger partial charge >= 0.3 is 0 Å². The van der Waals surface area contributed by atoms with E-state index in [1.165, 1.54) is 6.33 Å². The molecule has 23 heavy (non-hydrogen) atoms. The summed E-state index contributed by atoms with van der Waals surface area (Å²) in [5, 5.41) is 7.01. The maximum absolute atomic E-state index is 6.13. The molecule has 0 aliphatic heterocycles. The summed E-state index contributed by atoms with van der Waals surface area (Å²) in [6.07, 6.45) is 4.98. The standard InChI is InChI=1S/C16H15ClN6/c17-12-3-5-13(6-4-12)23-16-14(18)15(21-10-22-16)20-9-11-2-1-7-19-8-11/h1-8,10H,9,18H2,(H2,20,21,22,23). The minimum atomic E-state index is 0.450. The number of nitrogen functional groups attached to an aromatic ring is 1. The van der Waals surface area contributed by atoms with Crippen molar-refractivity contribution in [2.45, 2.75) is 6.54 Å². The lowest BCUT2D eigenvalue weighted by atomic mass is 10.3. The fourth-order valence-electron chi connectivity index (χ4n) is 1.99. The Morgan fingerprint density at radius 2 is 1.83 bits per heavy atom. The highest BCUT2D eigenvalue weighted by Crippen LogP contribution is 2.26. The molecule has 0 saturated carbocycles. The first kappa shape index (κ1) is 15.1. The van der Waals surface area contributed by atoms with Gasteiger partial charge in [-0.15, -0.1) is 0 Å². The van der Waals surface area contributed by atoms with Crippen LogP contribution in [0.5, 0.6) is 0 Å². The number of hydrogen-bond acceptors (Lipinski definition) is 6. The minimum Gasteiger partial charge on any atom is -0.393 e. The maximum atomic E-state index is 6.13. The molecule has 0 fully saturated rings. The molecule has 0 radical (unpaired) electrons. The molecule has 0 aliphatic carbocycles. The van der Waals surface area contributed by atoms with E-state index in [2.05, 4.69) is 25.6 Å². The molecule has 4 N–H and O–H groups in total. The Balaban J connectivity index is 1.74. The van der Waals surface area contributed by atoms with E-state index in [4.69, 9.17) is 17.3 Å². The van der Waals surface area contributed by atoms with Gasteiger partial charge < -0.3 is 16.4 Å². The number of nitrogens with two attached hydrogens (primary N) is 1. The predicted molar refractivity (Wildman–Crippen MR) is 92.7 cm³/mol. The second-order valence-corrected chi connectivity index (χ2v) is 5.27.